The van der Waals surface area contributed by atoms with Gasteiger partial charge in [0, 0.05) is 19.8 Å². The van der Waals surface area contributed by atoms with Gasteiger partial charge in [0.1, 0.15) is 0 Å². The summed E-state index contributed by atoms with van der Waals surface area (Å²) in [4.78, 5) is 0. The van der Waals surface area contributed by atoms with E-state index >= 15 is 0 Å². The summed E-state index contributed by atoms with van der Waals surface area (Å²) in [6.07, 6.45) is 1.02. The molecule has 17 heavy (non-hydrogen) atoms. The van der Waals surface area contributed by atoms with Gasteiger partial charge in [-0.2, -0.15) is 0 Å². The van der Waals surface area contributed by atoms with Crippen LogP contribution in [0, 0.1) is 0 Å². The Balaban J connectivity index is 1.88. The lowest BCUT2D eigenvalue weighted by Crippen LogP contribution is -2.20. The van der Waals surface area contributed by atoms with E-state index in [-0.39, 0.29) is 0 Å². The first-order chi connectivity index (χ1) is 8.31. The zero-order valence-electron chi connectivity index (χ0n) is 10.4. The Morgan fingerprint density at radius 1 is 1.35 bits per heavy atom. The van der Waals surface area contributed by atoms with E-state index in [0.29, 0.717) is 12.8 Å². The maximum Gasteiger partial charge on any atom is 0.231 e. The highest BCUT2D eigenvalue weighted by molar-refractivity contribution is 5.45. The molecule has 0 aromatic heterocycles. The Bertz CT molecular complexity index is 368. The van der Waals surface area contributed by atoms with Crippen LogP contribution in [-0.2, 0) is 4.74 Å². The molecule has 1 heterocycles. The van der Waals surface area contributed by atoms with Gasteiger partial charge < -0.3 is 19.5 Å². The maximum atomic E-state index is 5.36. The standard InChI is InChI=1S/C13H19NO3/c1-10(14-6-3-7-15-2)11-4-5-12-13(8-11)17-9-16-12/h4-5,8,10,14H,3,6-7,9H2,1-2H3. The largest absolute Gasteiger partial charge is 0.454 e. The molecule has 0 fully saturated rings. The predicted molar refractivity (Wildman–Crippen MR) is 65.5 cm³/mol. The molecule has 4 nitrogen and oxygen atoms in total. The summed E-state index contributed by atoms with van der Waals surface area (Å²) in [5, 5.41) is 3.45. The van der Waals surface area contributed by atoms with E-state index in [1.807, 2.05) is 12.1 Å². The van der Waals surface area contributed by atoms with Gasteiger partial charge in [-0.15, -0.1) is 0 Å². The number of ether oxygens (including phenoxy) is 3. The average molecular weight is 237 g/mol. The number of hydrogen-bond acceptors (Lipinski definition) is 4. The minimum absolute atomic E-state index is 0.307. The molecule has 1 aromatic carbocycles. The molecule has 0 saturated heterocycles. The van der Waals surface area contributed by atoms with E-state index in [2.05, 4.69) is 18.3 Å². The molecule has 0 spiro atoms. The molecular weight excluding hydrogens is 218 g/mol. The lowest BCUT2D eigenvalue weighted by atomic mass is 10.1. The van der Waals surface area contributed by atoms with Gasteiger partial charge in [-0.3, -0.25) is 0 Å². The summed E-state index contributed by atoms with van der Waals surface area (Å²) in [6.45, 7) is 4.21. The van der Waals surface area contributed by atoms with E-state index in [1.165, 1.54) is 5.56 Å². The molecule has 1 aromatic rings. The molecule has 1 unspecified atom stereocenters. The third kappa shape index (κ3) is 3.11. The summed E-state index contributed by atoms with van der Waals surface area (Å²) in [5.74, 6) is 1.67. The van der Waals surface area contributed by atoms with E-state index in [9.17, 15) is 0 Å². The number of rotatable bonds is 6. The van der Waals surface area contributed by atoms with Gasteiger partial charge in [-0.25, -0.2) is 0 Å². The summed E-state index contributed by atoms with van der Waals surface area (Å²) in [6, 6.07) is 6.38. The Hall–Kier alpha value is -1.26. The van der Waals surface area contributed by atoms with Crippen LogP contribution in [0.3, 0.4) is 0 Å². The minimum Gasteiger partial charge on any atom is -0.454 e. The van der Waals surface area contributed by atoms with Crippen LogP contribution < -0.4 is 14.8 Å². The van der Waals surface area contributed by atoms with Crippen LogP contribution in [0.5, 0.6) is 11.5 Å². The van der Waals surface area contributed by atoms with Gasteiger partial charge in [-0.1, -0.05) is 6.07 Å². The normalized spacial score (nSPS) is 14.9. The van der Waals surface area contributed by atoms with Crippen molar-refractivity contribution >= 4 is 0 Å². The van der Waals surface area contributed by atoms with Crippen LogP contribution in [0.1, 0.15) is 24.9 Å². The number of fused-ring (bicyclic) bond motifs is 1. The maximum absolute atomic E-state index is 5.36. The topological polar surface area (TPSA) is 39.7 Å². The Morgan fingerprint density at radius 3 is 3.00 bits per heavy atom. The number of benzene rings is 1. The van der Waals surface area contributed by atoms with Gasteiger partial charge >= 0.3 is 0 Å². The third-order valence-electron chi connectivity index (χ3n) is 2.87. The quantitative estimate of drug-likeness (QED) is 0.769. The molecule has 1 aliphatic heterocycles. The van der Waals surface area contributed by atoms with Crippen LogP contribution in [-0.4, -0.2) is 27.1 Å². The minimum atomic E-state index is 0.307. The van der Waals surface area contributed by atoms with Crippen molar-refractivity contribution in [1.29, 1.82) is 0 Å². The van der Waals surface area contributed by atoms with Crippen molar-refractivity contribution in [3.8, 4) is 11.5 Å². The summed E-state index contributed by atoms with van der Waals surface area (Å²) in [5.41, 5.74) is 1.21. The second-order valence-electron chi connectivity index (χ2n) is 4.13. The van der Waals surface area contributed by atoms with Crippen molar-refractivity contribution in [2.24, 2.45) is 0 Å². The Morgan fingerprint density at radius 2 is 2.18 bits per heavy atom. The van der Waals surface area contributed by atoms with E-state index in [1.54, 1.807) is 7.11 Å². The van der Waals surface area contributed by atoms with Crippen molar-refractivity contribution in [3.63, 3.8) is 0 Å². The molecule has 94 valence electrons. The van der Waals surface area contributed by atoms with E-state index in [4.69, 9.17) is 14.2 Å². The molecule has 1 atom stereocenters. The van der Waals surface area contributed by atoms with Crippen LogP contribution in [0.15, 0.2) is 18.2 Å². The molecule has 2 rings (SSSR count). The molecule has 1 N–H and O–H groups in total. The smallest absolute Gasteiger partial charge is 0.231 e. The molecule has 0 bridgehead atoms. The zero-order chi connectivity index (χ0) is 12.1. The first kappa shape index (κ1) is 12.2. The molecule has 1 aliphatic rings. The van der Waals surface area contributed by atoms with Crippen LogP contribution in [0.4, 0.5) is 0 Å². The fraction of sp³-hybridized carbons (Fsp3) is 0.538. The molecule has 0 radical (unpaired) electrons. The van der Waals surface area contributed by atoms with Crippen LogP contribution >= 0.6 is 0 Å². The highest BCUT2D eigenvalue weighted by atomic mass is 16.7. The van der Waals surface area contributed by atoms with Crippen LogP contribution in [0.2, 0.25) is 0 Å². The Labute approximate surface area is 102 Å². The number of methoxy groups -OCH3 is 1. The summed E-state index contributed by atoms with van der Waals surface area (Å²) in [7, 11) is 1.72. The predicted octanol–water partition coefficient (Wildman–Crippen LogP) is 2.10. The van der Waals surface area contributed by atoms with Crippen molar-refractivity contribution in [2.45, 2.75) is 19.4 Å². The van der Waals surface area contributed by atoms with Crippen LogP contribution in [0.25, 0.3) is 0 Å². The molecule has 0 saturated carbocycles. The SMILES string of the molecule is COCCCNC(C)c1ccc2c(c1)OCO2. The van der Waals surface area contributed by atoms with E-state index in [0.717, 1.165) is 31.1 Å². The lowest BCUT2D eigenvalue weighted by Gasteiger charge is -2.14. The first-order valence-electron chi connectivity index (χ1n) is 5.93. The van der Waals surface area contributed by atoms with Gasteiger partial charge in [-0.05, 0) is 37.6 Å². The van der Waals surface area contributed by atoms with Gasteiger partial charge in [0.05, 0.1) is 0 Å². The number of nitrogens with one attached hydrogen (secondary N) is 1. The summed E-state index contributed by atoms with van der Waals surface area (Å²) >= 11 is 0. The number of hydrogen-bond donors (Lipinski definition) is 1. The molecular formula is C13H19NO3. The van der Waals surface area contributed by atoms with Gasteiger partial charge in [0.15, 0.2) is 11.5 Å². The van der Waals surface area contributed by atoms with Crippen molar-refractivity contribution in [2.75, 3.05) is 27.1 Å². The second-order valence-corrected chi connectivity index (χ2v) is 4.13. The van der Waals surface area contributed by atoms with Crippen molar-refractivity contribution in [1.82, 2.24) is 5.32 Å². The highest BCUT2D eigenvalue weighted by Crippen LogP contribution is 2.33. The first-order valence-corrected chi connectivity index (χ1v) is 5.93. The second kappa shape index (κ2) is 5.89. The lowest BCUT2D eigenvalue weighted by molar-refractivity contribution is 0.174. The fourth-order valence-electron chi connectivity index (χ4n) is 1.84. The molecule has 0 aliphatic carbocycles. The molecule has 4 heteroatoms. The summed E-state index contributed by atoms with van der Waals surface area (Å²) < 4.78 is 15.7. The van der Waals surface area contributed by atoms with Crippen molar-refractivity contribution in [3.05, 3.63) is 23.8 Å². The monoisotopic (exact) mass is 237 g/mol. The van der Waals surface area contributed by atoms with Gasteiger partial charge in [0.2, 0.25) is 6.79 Å². The highest BCUT2D eigenvalue weighted by Gasteiger charge is 2.15. The Kier molecular flexibility index (Phi) is 4.23. The fourth-order valence-corrected chi connectivity index (χ4v) is 1.84. The average Bonchev–Trinajstić information content (AvgIpc) is 2.81. The van der Waals surface area contributed by atoms with E-state index < -0.39 is 0 Å². The molecule has 0 amide bonds. The zero-order valence-corrected chi connectivity index (χ0v) is 10.4. The van der Waals surface area contributed by atoms with Gasteiger partial charge in [0.25, 0.3) is 0 Å². The van der Waals surface area contributed by atoms with Crippen molar-refractivity contribution < 1.29 is 14.2 Å². The third-order valence-corrected chi connectivity index (χ3v) is 2.87.